The van der Waals surface area contributed by atoms with Crippen molar-refractivity contribution in [1.29, 1.82) is 0 Å². The summed E-state index contributed by atoms with van der Waals surface area (Å²) in [5, 5.41) is 2.73. The molecule has 1 N–H and O–H groups in total. The maximum Gasteiger partial charge on any atom is 0.338 e. The second-order valence-electron chi connectivity index (χ2n) is 6.96. The van der Waals surface area contributed by atoms with E-state index >= 15 is 0 Å². The molecule has 8 heteroatoms. The Bertz CT molecular complexity index is 972. The summed E-state index contributed by atoms with van der Waals surface area (Å²) < 4.78 is 30.7. The van der Waals surface area contributed by atoms with E-state index in [0.717, 1.165) is 9.87 Å². The molecular weight excluding hydrogens is 392 g/mol. The van der Waals surface area contributed by atoms with Crippen LogP contribution in [-0.2, 0) is 19.6 Å². The minimum Gasteiger partial charge on any atom is -0.452 e. The molecular formula is C21H26N2O5S. The highest BCUT2D eigenvalue weighted by Crippen LogP contribution is 2.19. The van der Waals surface area contributed by atoms with Crippen LogP contribution in [-0.4, -0.2) is 51.8 Å². The Morgan fingerprint density at radius 3 is 2.38 bits per heavy atom. The first-order chi connectivity index (χ1) is 13.6. The number of carbonyl (C=O) groups excluding carboxylic acids is 2. The minimum atomic E-state index is -3.68. The topological polar surface area (TPSA) is 92.8 Å². The molecule has 7 nitrogen and oxygen atoms in total. The third kappa shape index (κ3) is 5.88. The number of benzene rings is 2. The van der Waals surface area contributed by atoms with Crippen molar-refractivity contribution in [2.45, 2.75) is 24.7 Å². The number of hydrogen-bond acceptors (Lipinski definition) is 5. The predicted octanol–water partition coefficient (Wildman–Crippen LogP) is 2.32. The summed E-state index contributed by atoms with van der Waals surface area (Å²) in [6.45, 7) is 3.63. The fourth-order valence-corrected chi connectivity index (χ4v) is 3.55. The van der Waals surface area contributed by atoms with E-state index in [1.807, 2.05) is 37.3 Å². The number of nitrogens with zero attached hydrogens (tertiary/aromatic N) is 1. The van der Waals surface area contributed by atoms with Crippen LogP contribution >= 0.6 is 0 Å². The first kappa shape index (κ1) is 22.6. The maximum atomic E-state index is 12.4. The number of amides is 1. The van der Waals surface area contributed by atoms with Crippen LogP contribution in [0, 0.1) is 6.92 Å². The fourth-order valence-electron chi connectivity index (χ4n) is 2.62. The molecule has 0 bridgehead atoms. The average Bonchev–Trinajstić information content (AvgIpc) is 2.70. The Morgan fingerprint density at radius 1 is 1.10 bits per heavy atom. The summed E-state index contributed by atoms with van der Waals surface area (Å²) >= 11 is 0. The van der Waals surface area contributed by atoms with Crippen LogP contribution in [0.5, 0.6) is 0 Å². The Labute approximate surface area is 171 Å². The molecule has 156 valence electrons. The maximum absolute atomic E-state index is 12.4. The van der Waals surface area contributed by atoms with Gasteiger partial charge in [-0.3, -0.25) is 4.79 Å². The van der Waals surface area contributed by atoms with Gasteiger partial charge < -0.3 is 10.1 Å². The van der Waals surface area contributed by atoms with Gasteiger partial charge in [-0.05, 0) is 36.1 Å². The second kappa shape index (κ2) is 9.67. The lowest BCUT2D eigenvalue weighted by Crippen LogP contribution is -2.31. The molecule has 2 rings (SSSR count). The number of ether oxygens (including phenoxy) is 1. The third-order valence-electron chi connectivity index (χ3n) is 4.52. The van der Waals surface area contributed by atoms with E-state index in [9.17, 15) is 18.0 Å². The highest BCUT2D eigenvalue weighted by atomic mass is 32.2. The summed E-state index contributed by atoms with van der Waals surface area (Å²) in [7, 11) is -0.858. The lowest BCUT2D eigenvalue weighted by atomic mass is 10.0. The van der Waals surface area contributed by atoms with Crippen molar-refractivity contribution in [3.8, 4) is 0 Å². The Hall–Kier alpha value is -2.71. The molecule has 2 aromatic carbocycles. The van der Waals surface area contributed by atoms with Gasteiger partial charge in [0.25, 0.3) is 5.91 Å². The predicted molar refractivity (Wildman–Crippen MR) is 110 cm³/mol. The fraction of sp³-hybridized carbons (Fsp3) is 0.333. The van der Waals surface area contributed by atoms with E-state index in [-0.39, 0.29) is 16.4 Å². The lowest BCUT2D eigenvalue weighted by Gasteiger charge is -2.14. The zero-order valence-corrected chi connectivity index (χ0v) is 17.8. The molecule has 0 aliphatic carbocycles. The van der Waals surface area contributed by atoms with Gasteiger partial charge in [0.1, 0.15) is 0 Å². The summed E-state index contributed by atoms with van der Waals surface area (Å²) in [6, 6.07) is 14.0. The molecule has 29 heavy (non-hydrogen) atoms. The molecule has 0 aromatic heterocycles. The van der Waals surface area contributed by atoms with Crippen molar-refractivity contribution in [2.24, 2.45) is 0 Å². The van der Waals surface area contributed by atoms with E-state index in [0.29, 0.717) is 12.1 Å². The Kier molecular flexibility index (Phi) is 7.53. The smallest absolute Gasteiger partial charge is 0.338 e. The van der Waals surface area contributed by atoms with E-state index in [4.69, 9.17) is 4.74 Å². The molecule has 0 radical (unpaired) electrons. The van der Waals surface area contributed by atoms with Crippen LogP contribution < -0.4 is 5.32 Å². The van der Waals surface area contributed by atoms with Gasteiger partial charge in [-0.2, -0.15) is 0 Å². The monoisotopic (exact) mass is 418 g/mol. The molecule has 0 heterocycles. The molecule has 0 saturated heterocycles. The van der Waals surface area contributed by atoms with Crippen molar-refractivity contribution in [1.82, 2.24) is 9.62 Å². The zero-order chi connectivity index (χ0) is 21.6. The van der Waals surface area contributed by atoms with Crippen LogP contribution in [0.2, 0.25) is 0 Å². The number of sulfonamides is 1. The summed E-state index contributed by atoms with van der Waals surface area (Å²) in [5.41, 5.74) is 1.77. The van der Waals surface area contributed by atoms with Gasteiger partial charge in [0, 0.05) is 20.6 Å². The summed E-state index contributed by atoms with van der Waals surface area (Å²) in [5.74, 6) is -1.05. The molecule has 2 aromatic rings. The zero-order valence-electron chi connectivity index (χ0n) is 17.0. The first-order valence-electron chi connectivity index (χ1n) is 9.15. The van der Waals surface area contributed by atoms with Gasteiger partial charge in [0.2, 0.25) is 10.0 Å². The van der Waals surface area contributed by atoms with Crippen LogP contribution in [0.25, 0.3) is 0 Å². The van der Waals surface area contributed by atoms with Gasteiger partial charge in [0.05, 0.1) is 10.5 Å². The van der Waals surface area contributed by atoms with Gasteiger partial charge in [-0.15, -0.1) is 0 Å². The van der Waals surface area contributed by atoms with Crippen molar-refractivity contribution >= 4 is 21.9 Å². The van der Waals surface area contributed by atoms with Gasteiger partial charge in [-0.25, -0.2) is 17.5 Å². The van der Waals surface area contributed by atoms with Crippen molar-refractivity contribution in [3.63, 3.8) is 0 Å². The van der Waals surface area contributed by atoms with Crippen LogP contribution in [0.15, 0.2) is 53.4 Å². The standard InChI is InChI=1S/C21H26N2O5S/c1-15-10-11-18(29(26,27)23(3)4)12-19(15)21(25)28-14-20(24)22-13-16(2)17-8-6-5-7-9-17/h5-12,16H,13-14H2,1-4H3,(H,22,24)/t16-/m1/s1. The second-order valence-corrected chi connectivity index (χ2v) is 9.11. The van der Waals surface area contributed by atoms with Crippen LogP contribution in [0.3, 0.4) is 0 Å². The minimum absolute atomic E-state index is 0.0128. The van der Waals surface area contributed by atoms with Gasteiger partial charge >= 0.3 is 5.97 Å². The van der Waals surface area contributed by atoms with E-state index in [1.54, 1.807) is 6.92 Å². The highest BCUT2D eigenvalue weighted by Gasteiger charge is 2.21. The number of nitrogens with one attached hydrogen (secondary N) is 1. The summed E-state index contributed by atoms with van der Waals surface area (Å²) in [4.78, 5) is 24.4. The molecule has 0 spiro atoms. The number of hydrogen-bond donors (Lipinski definition) is 1. The van der Waals surface area contributed by atoms with E-state index in [1.165, 1.54) is 32.3 Å². The quantitative estimate of drug-likeness (QED) is 0.664. The largest absolute Gasteiger partial charge is 0.452 e. The number of carbonyl (C=O) groups is 2. The Morgan fingerprint density at radius 2 is 1.76 bits per heavy atom. The highest BCUT2D eigenvalue weighted by molar-refractivity contribution is 7.89. The number of aryl methyl sites for hydroxylation is 1. The number of esters is 1. The molecule has 0 unspecified atom stereocenters. The average molecular weight is 419 g/mol. The number of rotatable bonds is 8. The van der Waals surface area contributed by atoms with E-state index < -0.39 is 28.5 Å². The molecule has 0 aliphatic heterocycles. The van der Waals surface area contributed by atoms with Gasteiger partial charge in [0.15, 0.2) is 6.61 Å². The third-order valence-corrected chi connectivity index (χ3v) is 6.33. The van der Waals surface area contributed by atoms with Crippen LogP contribution in [0.1, 0.15) is 34.3 Å². The molecule has 0 fully saturated rings. The molecule has 1 atom stereocenters. The Balaban J connectivity index is 1.96. The van der Waals surface area contributed by atoms with Crippen LogP contribution in [0.4, 0.5) is 0 Å². The van der Waals surface area contributed by atoms with E-state index in [2.05, 4.69) is 5.32 Å². The first-order valence-corrected chi connectivity index (χ1v) is 10.6. The SMILES string of the molecule is Cc1ccc(S(=O)(=O)N(C)C)cc1C(=O)OCC(=O)NC[C@@H](C)c1ccccc1. The van der Waals surface area contributed by atoms with Crippen molar-refractivity contribution < 1.29 is 22.7 Å². The summed E-state index contributed by atoms with van der Waals surface area (Å²) in [6.07, 6.45) is 0. The normalized spacial score (nSPS) is 12.4. The molecule has 0 saturated carbocycles. The molecule has 0 aliphatic rings. The molecule has 1 amide bonds. The van der Waals surface area contributed by atoms with Crippen molar-refractivity contribution in [2.75, 3.05) is 27.2 Å². The van der Waals surface area contributed by atoms with Crippen molar-refractivity contribution in [3.05, 3.63) is 65.2 Å². The van der Waals surface area contributed by atoms with Gasteiger partial charge in [-0.1, -0.05) is 43.3 Å². The lowest BCUT2D eigenvalue weighted by molar-refractivity contribution is -0.124.